The molecule has 2 heterocycles. The molecule has 0 atom stereocenters. The van der Waals surface area contributed by atoms with Crippen LogP contribution in [0.4, 0.5) is 0 Å². The zero-order chi connectivity index (χ0) is 33.8. The van der Waals surface area contributed by atoms with Gasteiger partial charge >= 0.3 is 0 Å². The molecule has 238 valence electrons. The SMILES string of the molecule is C=Cc1c(/C=C\C)ccc2c1sc1ccc(-c3cc4ccc5cc(-c6ccc7sc8c9ccccc9ccc8c7c6)cc6ccc(c3)c4c56)cc12. The van der Waals surface area contributed by atoms with Gasteiger partial charge in [0.25, 0.3) is 0 Å². The predicted molar refractivity (Wildman–Crippen MR) is 229 cm³/mol. The molecule has 51 heavy (non-hydrogen) atoms. The summed E-state index contributed by atoms with van der Waals surface area (Å²) in [6, 6.07) is 50.5. The fraction of sp³-hybridized carbons (Fsp3) is 0.0204. The molecule has 11 rings (SSSR count). The average Bonchev–Trinajstić information content (AvgIpc) is 3.74. The lowest BCUT2D eigenvalue weighted by atomic mass is 9.89. The third kappa shape index (κ3) is 4.24. The molecule has 0 fully saturated rings. The molecule has 0 bridgehead atoms. The molecule has 0 unspecified atom stereocenters. The van der Waals surface area contributed by atoms with Gasteiger partial charge in [-0.1, -0.05) is 110 Å². The molecule has 0 amide bonds. The minimum absolute atomic E-state index is 1.22. The molecule has 11 aromatic rings. The molecular formula is C49H30S2. The van der Waals surface area contributed by atoms with Gasteiger partial charge in [0.2, 0.25) is 0 Å². The number of hydrogen-bond donors (Lipinski definition) is 0. The van der Waals surface area contributed by atoms with E-state index in [4.69, 9.17) is 0 Å². The second kappa shape index (κ2) is 10.8. The van der Waals surface area contributed by atoms with Gasteiger partial charge in [-0.2, -0.15) is 0 Å². The van der Waals surface area contributed by atoms with Gasteiger partial charge in [-0.15, -0.1) is 22.7 Å². The highest BCUT2D eigenvalue weighted by atomic mass is 32.1. The lowest BCUT2D eigenvalue weighted by Gasteiger charge is -2.15. The lowest BCUT2D eigenvalue weighted by Crippen LogP contribution is -1.88. The zero-order valence-corrected chi connectivity index (χ0v) is 29.6. The van der Waals surface area contributed by atoms with Crippen molar-refractivity contribution >= 4 is 118 Å². The minimum atomic E-state index is 1.22. The Morgan fingerprint density at radius 2 is 0.980 bits per heavy atom. The summed E-state index contributed by atoms with van der Waals surface area (Å²) in [5.74, 6) is 0. The van der Waals surface area contributed by atoms with E-state index < -0.39 is 0 Å². The fourth-order valence-corrected chi connectivity index (χ4v) is 10.9. The van der Waals surface area contributed by atoms with Gasteiger partial charge in [-0.05, 0) is 132 Å². The average molecular weight is 683 g/mol. The second-order valence-corrected chi connectivity index (χ2v) is 15.8. The molecule has 2 heteroatoms. The van der Waals surface area contributed by atoms with Gasteiger partial charge < -0.3 is 0 Å². The lowest BCUT2D eigenvalue weighted by molar-refractivity contribution is 1.69. The molecule has 2 aromatic heterocycles. The minimum Gasteiger partial charge on any atom is -0.135 e. The number of thiophene rings is 2. The van der Waals surface area contributed by atoms with Crippen LogP contribution in [0, 0.1) is 0 Å². The van der Waals surface area contributed by atoms with Crippen molar-refractivity contribution in [2.75, 3.05) is 0 Å². The monoisotopic (exact) mass is 682 g/mol. The first-order valence-electron chi connectivity index (χ1n) is 17.5. The summed E-state index contributed by atoms with van der Waals surface area (Å²) in [7, 11) is 0. The summed E-state index contributed by atoms with van der Waals surface area (Å²) in [6.07, 6.45) is 6.27. The highest BCUT2D eigenvalue weighted by Crippen LogP contribution is 2.44. The van der Waals surface area contributed by atoms with Crippen molar-refractivity contribution in [2.24, 2.45) is 0 Å². The van der Waals surface area contributed by atoms with Crippen LogP contribution in [0.3, 0.4) is 0 Å². The summed E-state index contributed by atoms with van der Waals surface area (Å²) in [5, 5.41) is 15.8. The third-order valence-electron chi connectivity index (χ3n) is 10.8. The Hall–Kier alpha value is -5.80. The predicted octanol–water partition coefficient (Wildman–Crippen LogP) is 15.5. The Balaban J connectivity index is 1.03. The Bertz CT molecular complexity index is 3210. The van der Waals surface area contributed by atoms with Crippen LogP contribution in [-0.2, 0) is 0 Å². The summed E-state index contributed by atoms with van der Waals surface area (Å²) < 4.78 is 5.33. The quantitative estimate of drug-likeness (QED) is 0.162. The van der Waals surface area contributed by atoms with Gasteiger partial charge in [0.15, 0.2) is 0 Å². The van der Waals surface area contributed by atoms with Crippen molar-refractivity contribution in [1.29, 1.82) is 0 Å². The van der Waals surface area contributed by atoms with Crippen LogP contribution in [-0.4, -0.2) is 0 Å². The van der Waals surface area contributed by atoms with Crippen LogP contribution >= 0.6 is 22.7 Å². The third-order valence-corrected chi connectivity index (χ3v) is 13.3. The van der Waals surface area contributed by atoms with E-state index in [1.165, 1.54) is 117 Å². The van der Waals surface area contributed by atoms with Crippen LogP contribution in [0.15, 0.2) is 146 Å². The topological polar surface area (TPSA) is 0 Å². The molecule has 0 aliphatic heterocycles. The van der Waals surface area contributed by atoms with E-state index in [9.17, 15) is 0 Å². The van der Waals surface area contributed by atoms with Crippen molar-refractivity contribution in [1.82, 2.24) is 0 Å². The molecule has 0 saturated heterocycles. The molecule has 9 aromatic carbocycles. The zero-order valence-electron chi connectivity index (χ0n) is 28.0. The molecule has 0 aliphatic rings. The van der Waals surface area contributed by atoms with Gasteiger partial charge in [0.1, 0.15) is 0 Å². The first kappa shape index (κ1) is 29.0. The smallest absolute Gasteiger partial charge is 0.0433 e. The van der Waals surface area contributed by atoms with Crippen molar-refractivity contribution in [2.45, 2.75) is 6.92 Å². The standard InChI is InChI=1S/C49H30S2/c1-3-7-28-14-18-40-42-26-30(16-20-44(42)50-48(40)38(28)4-2)36-22-32-10-12-34-24-37(25-35-13-11-33(23-36)46(32)47(34)35)31-17-21-45-43(27-31)41-19-15-29-8-5-6-9-39(29)49(41)51-45/h3-27H,2H2,1H3/b7-3-. The fourth-order valence-electron chi connectivity index (χ4n) is 8.45. The van der Waals surface area contributed by atoms with E-state index in [1.807, 2.05) is 28.7 Å². The van der Waals surface area contributed by atoms with Crippen LogP contribution in [0.25, 0.3) is 118 Å². The number of allylic oxidation sites excluding steroid dienone is 1. The summed E-state index contributed by atoms with van der Waals surface area (Å²) >= 11 is 3.76. The van der Waals surface area contributed by atoms with E-state index >= 15 is 0 Å². The second-order valence-electron chi connectivity index (χ2n) is 13.7. The largest absolute Gasteiger partial charge is 0.135 e. The van der Waals surface area contributed by atoms with Crippen molar-refractivity contribution in [3.63, 3.8) is 0 Å². The Labute approximate surface area is 303 Å². The van der Waals surface area contributed by atoms with Gasteiger partial charge in [0, 0.05) is 40.3 Å². The van der Waals surface area contributed by atoms with Gasteiger partial charge in [0.05, 0.1) is 0 Å². The maximum absolute atomic E-state index is 4.15. The van der Waals surface area contributed by atoms with Crippen LogP contribution < -0.4 is 0 Å². The summed E-state index contributed by atoms with van der Waals surface area (Å²) in [4.78, 5) is 0. The molecule has 0 spiro atoms. The van der Waals surface area contributed by atoms with Crippen LogP contribution in [0.5, 0.6) is 0 Å². The molecule has 0 saturated carbocycles. The van der Waals surface area contributed by atoms with Crippen molar-refractivity contribution in [3.05, 3.63) is 157 Å². The first-order chi connectivity index (χ1) is 25.1. The van der Waals surface area contributed by atoms with Crippen molar-refractivity contribution < 1.29 is 0 Å². The number of rotatable bonds is 4. The van der Waals surface area contributed by atoms with Crippen LogP contribution in [0.1, 0.15) is 18.1 Å². The maximum atomic E-state index is 4.15. The highest BCUT2D eigenvalue weighted by Gasteiger charge is 2.16. The molecule has 0 nitrogen and oxygen atoms in total. The first-order valence-corrected chi connectivity index (χ1v) is 19.1. The van der Waals surface area contributed by atoms with E-state index in [0.29, 0.717) is 0 Å². The Morgan fingerprint density at radius 3 is 1.57 bits per heavy atom. The number of benzene rings is 9. The van der Waals surface area contributed by atoms with E-state index in [-0.39, 0.29) is 0 Å². The van der Waals surface area contributed by atoms with E-state index in [1.54, 1.807) is 0 Å². The molecule has 0 N–H and O–H groups in total. The van der Waals surface area contributed by atoms with E-state index in [0.717, 1.165) is 0 Å². The van der Waals surface area contributed by atoms with Gasteiger partial charge in [-0.3, -0.25) is 0 Å². The highest BCUT2D eigenvalue weighted by molar-refractivity contribution is 7.27. The Kier molecular flexibility index (Phi) is 6.16. The van der Waals surface area contributed by atoms with Crippen molar-refractivity contribution in [3.8, 4) is 22.3 Å². The summed E-state index contributed by atoms with van der Waals surface area (Å²) in [6.45, 7) is 6.21. The number of hydrogen-bond acceptors (Lipinski definition) is 2. The maximum Gasteiger partial charge on any atom is 0.0433 e. The summed E-state index contributed by atoms with van der Waals surface area (Å²) in [5.41, 5.74) is 7.46. The molecule has 0 radical (unpaired) electrons. The van der Waals surface area contributed by atoms with Gasteiger partial charge in [-0.25, -0.2) is 0 Å². The number of fused-ring (bicyclic) bond motifs is 8. The Morgan fingerprint density at radius 1 is 0.451 bits per heavy atom. The normalized spacial score (nSPS) is 12.4. The molecular weight excluding hydrogens is 653 g/mol. The van der Waals surface area contributed by atoms with Crippen LogP contribution in [0.2, 0.25) is 0 Å². The van der Waals surface area contributed by atoms with E-state index in [2.05, 4.69) is 159 Å². The molecule has 0 aliphatic carbocycles.